The lowest BCUT2D eigenvalue weighted by Gasteiger charge is -2.45. The summed E-state index contributed by atoms with van der Waals surface area (Å²) < 4.78 is 16.8. The molecular weight excluding hydrogens is 400 g/mol. The Labute approximate surface area is 184 Å². The molecule has 31 heavy (non-hydrogen) atoms. The molecular formula is C24H36O7. The highest BCUT2D eigenvalue weighted by molar-refractivity contribution is 5.84. The van der Waals surface area contributed by atoms with E-state index < -0.39 is 11.9 Å². The molecule has 1 aromatic rings. The zero-order chi connectivity index (χ0) is 23.2. The normalized spacial score (nSPS) is 20.7. The Hall–Kier alpha value is -2.12. The molecule has 0 amide bonds. The number of ether oxygens (including phenoxy) is 3. The molecule has 2 rings (SSSR count). The molecule has 174 valence electrons. The molecule has 7 heteroatoms. The molecule has 2 N–H and O–H groups in total. The van der Waals surface area contributed by atoms with Gasteiger partial charge in [0.1, 0.15) is 17.6 Å². The quantitative estimate of drug-likeness (QED) is 0.413. The maximum absolute atomic E-state index is 12.6. The third-order valence-electron chi connectivity index (χ3n) is 5.60. The molecule has 1 aliphatic heterocycles. The van der Waals surface area contributed by atoms with Crippen molar-refractivity contribution in [2.45, 2.75) is 84.5 Å². The van der Waals surface area contributed by atoms with Gasteiger partial charge in [-0.25, -0.2) is 0 Å². The van der Waals surface area contributed by atoms with E-state index in [4.69, 9.17) is 14.2 Å². The van der Waals surface area contributed by atoms with Crippen molar-refractivity contribution in [2.75, 3.05) is 13.2 Å². The van der Waals surface area contributed by atoms with E-state index in [2.05, 4.69) is 0 Å². The van der Waals surface area contributed by atoms with Gasteiger partial charge >= 0.3 is 5.97 Å². The second-order valence-electron chi connectivity index (χ2n) is 9.50. The molecule has 0 aliphatic carbocycles. The number of benzene rings is 1. The second kappa shape index (κ2) is 10.5. The third kappa shape index (κ3) is 7.51. The van der Waals surface area contributed by atoms with E-state index in [1.807, 2.05) is 34.6 Å². The fourth-order valence-electron chi connectivity index (χ4n) is 3.64. The van der Waals surface area contributed by atoms with E-state index >= 15 is 0 Å². The minimum Gasteiger partial charge on any atom is -0.508 e. The fraction of sp³-hybridized carbons (Fsp3) is 0.667. The number of hydrogen-bond donors (Lipinski definition) is 2. The van der Waals surface area contributed by atoms with Gasteiger partial charge in [0.05, 0.1) is 13.2 Å². The summed E-state index contributed by atoms with van der Waals surface area (Å²) in [6.45, 7) is 10.2. The molecule has 7 nitrogen and oxygen atoms in total. The second-order valence-corrected chi connectivity index (χ2v) is 9.50. The summed E-state index contributed by atoms with van der Waals surface area (Å²) in [7, 11) is 0. The highest BCUT2D eigenvalue weighted by Crippen LogP contribution is 2.36. The molecule has 0 saturated carbocycles. The zero-order valence-corrected chi connectivity index (χ0v) is 19.3. The van der Waals surface area contributed by atoms with E-state index in [0.717, 1.165) is 0 Å². The summed E-state index contributed by atoms with van der Waals surface area (Å²) in [4.78, 5) is 24.6. The number of Topliss-reactive ketones (excluding diaryl/α,β-unsaturated/α-hetero) is 1. The number of unbranched alkanes of at least 4 members (excludes halogenated alkanes) is 1. The SMILES string of the molecule is CC(CCC(=O)OCCCCC(=O)C1OC(C)(C)OCC1(C)C)c1ccc(O)cc1O. The van der Waals surface area contributed by atoms with E-state index in [-0.39, 0.29) is 47.6 Å². The predicted molar refractivity (Wildman–Crippen MR) is 116 cm³/mol. The summed E-state index contributed by atoms with van der Waals surface area (Å²) in [5, 5.41) is 19.3. The molecule has 0 aromatic heterocycles. The van der Waals surface area contributed by atoms with E-state index in [9.17, 15) is 19.8 Å². The van der Waals surface area contributed by atoms with Crippen molar-refractivity contribution in [3.63, 3.8) is 0 Å². The molecule has 1 fully saturated rings. The maximum atomic E-state index is 12.6. The van der Waals surface area contributed by atoms with E-state index in [1.54, 1.807) is 6.07 Å². The number of phenolic OH excluding ortho intramolecular Hbond substituents is 2. The number of phenols is 2. The van der Waals surface area contributed by atoms with E-state index in [1.165, 1.54) is 12.1 Å². The summed E-state index contributed by atoms with van der Waals surface area (Å²) >= 11 is 0. The highest BCUT2D eigenvalue weighted by Gasteiger charge is 2.45. The van der Waals surface area contributed by atoms with Crippen LogP contribution in [-0.4, -0.2) is 47.1 Å². The summed E-state index contributed by atoms with van der Waals surface area (Å²) in [6.07, 6.45) is 1.87. The lowest BCUT2D eigenvalue weighted by atomic mass is 9.82. The number of carbonyl (C=O) groups excluding carboxylic acids is 2. The van der Waals surface area contributed by atoms with Crippen LogP contribution in [0.15, 0.2) is 18.2 Å². The molecule has 0 bridgehead atoms. The van der Waals surface area contributed by atoms with Crippen molar-refractivity contribution in [1.82, 2.24) is 0 Å². The van der Waals surface area contributed by atoms with Crippen LogP contribution in [0.2, 0.25) is 0 Å². The maximum Gasteiger partial charge on any atom is 0.305 e. The van der Waals surface area contributed by atoms with Gasteiger partial charge in [-0.05, 0) is 50.7 Å². The van der Waals surface area contributed by atoms with E-state index in [0.29, 0.717) is 37.9 Å². The van der Waals surface area contributed by atoms with Crippen molar-refractivity contribution in [3.05, 3.63) is 23.8 Å². The molecule has 1 aliphatic rings. The van der Waals surface area contributed by atoms with Crippen LogP contribution in [0.4, 0.5) is 0 Å². The number of hydrogen-bond acceptors (Lipinski definition) is 7. The first-order chi connectivity index (χ1) is 14.4. The molecule has 0 spiro atoms. The van der Waals surface area contributed by atoms with Crippen LogP contribution in [0.25, 0.3) is 0 Å². The average molecular weight is 437 g/mol. The monoisotopic (exact) mass is 436 g/mol. The minimum atomic E-state index is -0.764. The predicted octanol–water partition coefficient (Wildman–Crippen LogP) is 4.44. The van der Waals surface area contributed by atoms with Gasteiger partial charge in [0.15, 0.2) is 11.6 Å². The number of aromatic hydroxyl groups is 2. The Morgan fingerprint density at radius 1 is 1.16 bits per heavy atom. The fourth-order valence-corrected chi connectivity index (χ4v) is 3.64. The molecule has 2 atom stereocenters. The topological polar surface area (TPSA) is 102 Å². The van der Waals surface area contributed by atoms with Gasteiger partial charge in [0, 0.05) is 24.3 Å². The summed E-state index contributed by atoms with van der Waals surface area (Å²) in [6, 6.07) is 4.46. The van der Waals surface area contributed by atoms with Crippen molar-refractivity contribution in [2.24, 2.45) is 5.41 Å². The molecule has 1 saturated heterocycles. The minimum absolute atomic E-state index is 0.00185. The summed E-state index contributed by atoms with van der Waals surface area (Å²) in [5.74, 6) is -1.04. The Balaban J connectivity index is 1.66. The number of esters is 1. The molecule has 1 heterocycles. The van der Waals surface area contributed by atoms with Crippen molar-refractivity contribution in [3.8, 4) is 11.5 Å². The number of carbonyl (C=O) groups is 2. The van der Waals surface area contributed by atoms with Crippen molar-refractivity contribution < 1.29 is 34.0 Å². The van der Waals surface area contributed by atoms with Gasteiger partial charge in [0.25, 0.3) is 0 Å². The molecule has 0 radical (unpaired) electrons. The first-order valence-electron chi connectivity index (χ1n) is 10.9. The van der Waals surface area contributed by atoms with Crippen molar-refractivity contribution in [1.29, 1.82) is 0 Å². The molecule has 2 unspecified atom stereocenters. The highest BCUT2D eigenvalue weighted by atomic mass is 16.7. The smallest absolute Gasteiger partial charge is 0.305 e. The third-order valence-corrected chi connectivity index (χ3v) is 5.60. The first-order valence-corrected chi connectivity index (χ1v) is 10.9. The van der Waals surface area contributed by atoms with Gasteiger partial charge in [-0.15, -0.1) is 0 Å². The number of rotatable bonds is 10. The lowest BCUT2D eigenvalue weighted by molar-refractivity contribution is -0.303. The Bertz CT molecular complexity index is 769. The number of ketones is 1. The average Bonchev–Trinajstić information content (AvgIpc) is 2.68. The Kier molecular flexibility index (Phi) is 8.49. The Morgan fingerprint density at radius 2 is 1.87 bits per heavy atom. The molecule has 1 aromatic carbocycles. The first kappa shape index (κ1) is 25.1. The van der Waals surface area contributed by atoms with Gasteiger partial charge < -0.3 is 24.4 Å². The van der Waals surface area contributed by atoms with Crippen LogP contribution in [-0.2, 0) is 23.8 Å². The van der Waals surface area contributed by atoms with Gasteiger partial charge in [-0.1, -0.05) is 26.8 Å². The Morgan fingerprint density at radius 3 is 2.55 bits per heavy atom. The van der Waals surface area contributed by atoms with Crippen molar-refractivity contribution >= 4 is 11.8 Å². The van der Waals surface area contributed by atoms with Crippen LogP contribution in [0.5, 0.6) is 11.5 Å². The summed E-state index contributed by atoms with van der Waals surface area (Å²) in [5.41, 5.74) is 0.312. The van der Waals surface area contributed by atoms with Crippen LogP contribution in [0.1, 0.15) is 78.2 Å². The lowest BCUT2D eigenvalue weighted by Crippen LogP contribution is -2.53. The van der Waals surface area contributed by atoms with Crippen LogP contribution < -0.4 is 0 Å². The van der Waals surface area contributed by atoms with Crippen LogP contribution in [0.3, 0.4) is 0 Å². The van der Waals surface area contributed by atoms with Gasteiger partial charge in [-0.3, -0.25) is 9.59 Å². The standard InChI is InChI=1S/C24H36O7/c1-16(18-11-10-17(25)14-20(18)27)9-12-21(28)29-13-7-6-8-19(26)22-23(2,3)15-30-24(4,5)31-22/h10-11,14,16,22,25,27H,6-9,12-13,15H2,1-5H3. The zero-order valence-electron chi connectivity index (χ0n) is 19.3. The van der Waals surface area contributed by atoms with Crippen LogP contribution in [0, 0.1) is 5.41 Å². The largest absolute Gasteiger partial charge is 0.508 e. The van der Waals surface area contributed by atoms with Crippen LogP contribution >= 0.6 is 0 Å². The van der Waals surface area contributed by atoms with Gasteiger partial charge in [-0.2, -0.15) is 0 Å². The van der Waals surface area contributed by atoms with Gasteiger partial charge in [0.2, 0.25) is 0 Å².